The molecule has 7 nitrogen and oxygen atoms in total. The smallest absolute Gasteiger partial charge is 0.261 e. The molecule has 28 heavy (non-hydrogen) atoms. The quantitative estimate of drug-likeness (QED) is 0.561. The summed E-state index contributed by atoms with van der Waals surface area (Å²) in [6.45, 7) is 0.343. The van der Waals surface area contributed by atoms with Gasteiger partial charge in [-0.15, -0.1) is 0 Å². The van der Waals surface area contributed by atoms with Crippen LogP contribution in [0.2, 0.25) is 0 Å². The van der Waals surface area contributed by atoms with E-state index in [4.69, 9.17) is 0 Å². The molecule has 1 saturated heterocycles. The number of hydrogen-bond donors (Lipinski definition) is 2. The molecule has 0 radical (unpaired) electrons. The van der Waals surface area contributed by atoms with E-state index in [1.54, 1.807) is 42.5 Å². The highest BCUT2D eigenvalue weighted by Gasteiger charge is 2.63. The van der Waals surface area contributed by atoms with Crippen LogP contribution in [0.5, 0.6) is 0 Å². The number of aromatic nitrogens is 1. The van der Waals surface area contributed by atoms with Gasteiger partial charge in [-0.1, -0.05) is 18.2 Å². The van der Waals surface area contributed by atoms with Gasteiger partial charge in [-0.2, -0.15) is 0 Å². The van der Waals surface area contributed by atoms with Gasteiger partial charge in [0.1, 0.15) is 10.4 Å². The standard InChI is InChI=1S/C20H17BrN4O3/c21-15-6-3-7-16(23-15)24-17(26)13-8-20(9-14(20)22-13)10-25-18(27)11-4-1-2-5-12(11)19(25)28/h1-7,13-14,22H,8-10H2,(H,23,24,26)/t13-,14?,20?/m0/s1. The highest BCUT2D eigenvalue weighted by atomic mass is 79.9. The second kappa shape index (κ2) is 6.22. The molecule has 3 aliphatic rings. The topological polar surface area (TPSA) is 91.4 Å². The summed E-state index contributed by atoms with van der Waals surface area (Å²) in [7, 11) is 0. The number of nitrogens with one attached hydrogen (secondary N) is 2. The third-order valence-corrected chi connectivity index (χ3v) is 6.28. The van der Waals surface area contributed by atoms with Gasteiger partial charge in [0.2, 0.25) is 5.91 Å². The van der Waals surface area contributed by atoms with Crippen LogP contribution in [0.15, 0.2) is 47.1 Å². The molecule has 1 aromatic carbocycles. The monoisotopic (exact) mass is 440 g/mol. The molecule has 3 atom stereocenters. The molecular weight excluding hydrogens is 424 g/mol. The van der Waals surface area contributed by atoms with E-state index in [1.807, 2.05) is 0 Å². The third kappa shape index (κ3) is 2.75. The van der Waals surface area contributed by atoms with Crippen molar-refractivity contribution in [1.29, 1.82) is 0 Å². The van der Waals surface area contributed by atoms with Gasteiger partial charge < -0.3 is 10.6 Å². The summed E-state index contributed by atoms with van der Waals surface area (Å²) in [4.78, 5) is 43.4. The van der Waals surface area contributed by atoms with Gasteiger partial charge in [0.15, 0.2) is 0 Å². The van der Waals surface area contributed by atoms with E-state index in [2.05, 4.69) is 31.5 Å². The van der Waals surface area contributed by atoms with Crippen LogP contribution in [0.3, 0.4) is 0 Å². The number of imide groups is 1. The minimum atomic E-state index is -0.366. The van der Waals surface area contributed by atoms with Crippen molar-refractivity contribution in [3.05, 3.63) is 58.2 Å². The van der Waals surface area contributed by atoms with Crippen LogP contribution in [-0.4, -0.2) is 46.2 Å². The highest BCUT2D eigenvalue weighted by Crippen LogP contribution is 2.55. The number of amides is 3. The number of pyridine rings is 1. The van der Waals surface area contributed by atoms with Gasteiger partial charge in [0.25, 0.3) is 11.8 Å². The van der Waals surface area contributed by atoms with Gasteiger partial charge in [0, 0.05) is 18.0 Å². The first kappa shape index (κ1) is 17.5. The van der Waals surface area contributed by atoms with Gasteiger partial charge >= 0.3 is 0 Å². The SMILES string of the molecule is O=C(Nc1cccc(Br)n1)[C@@H]1CC2(CN3C(=O)c4ccccc4C3=O)CC2N1. The Hall–Kier alpha value is -2.58. The van der Waals surface area contributed by atoms with Crippen molar-refractivity contribution < 1.29 is 14.4 Å². The van der Waals surface area contributed by atoms with E-state index in [1.165, 1.54) is 4.90 Å². The molecule has 0 spiro atoms. The molecule has 2 fully saturated rings. The number of nitrogens with zero attached hydrogens (tertiary/aromatic N) is 2. The predicted octanol–water partition coefficient (Wildman–Crippen LogP) is 2.20. The summed E-state index contributed by atoms with van der Waals surface area (Å²) in [6.07, 6.45) is 1.45. The molecule has 1 saturated carbocycles. The van der Waals surface area contributed by atoms with Crippen LogP contribution in [0, 0.1) is 5.41 Å². The fourth-order valence-corrected chi connectivity index (χ4v) is 4.66. The van der Waals surface area contributed by atoms with Crippen molar-refractivity contribution in [3.63, 3.8) is 0 Å². The zero-order valence-electron chi connectivity index (χ0n) is 14.8. The average Bonchev–Trinajstić information content (AvgIpc) is 3.14. The van der Waals surface area contributed by atoms with Crippen LogP contribution in [-0.2, 0) is 4.79 Å². The Morgan fingerprint density at radius 1 is 1.14 bits per heavy atom. The zero-order chi connectivity index (χ0) is 19.5. The molecule has 2 unspecified atom stereocenters. The Kier molecular flexibility index (Phi) is 3.89. The molecule has 8 heteroatoms. The lowest BCUT2D eigenvalue weighted by atomic mass is 9.98. The predicted molar refractivity (Wildman–Crippen MR) is 105 cm³/mol. The number of rotatable bonds is 4. The summed E-state index contributed by atoms with van der Waals surface area (Å²) in [5, 5.41) is 6.15. The molecule has 142 valence electrons. The van der Waals surface area contributed by atoms with E-state index in [0.29, 0.717) is 34.5 Å². The van der Waals surface area contributed by atoms with E-state index < -0.39 is 0 Å². The van der Waals surface area contributed by atoms with Crippen molar-refractivity contribution in [2.45, 2.75) is 24.9 Å². The van der Waals surface area contributed by atoms with Gasteiger partial charge in [-0.25, -0.2) is 4.98 Å². The number of carbonyl (C=O) groups is 3. The number of anilines is 1. The number of halogens is 1. The van der Waals surface area contributed by atoms with E-state index in [0.717, 1.165) is 6.42 Å². The van der Waals surface area contributed by atoms with E-state index in [-0.39, 0.29) is 35.2 Å². The van der Waals surface area contributed by atoms with Crippen LogP contribution in [0.25, 0.3) is 0 Å². The maximum absolute atomic E-state index is 12.6. The number of fused-ring (bicyclic) bond motifs is 2. The number of carbonyl (C=O) groups excluding carboxylic acids is 3. The summed E-state index contributed by atoms with van der Waals surface area (Å²) in [5.41, 5.74) is 0.698. The van der Waals surface area contributed by atoms with Gasteiger partial charge in [0.05, 0.1) is 17.2 Å². The normalized spacial score (nSPS) is 27.5. The number of piperidine rings is 1. The number of benzene rings is 1. The second-order valence-corrected chi connectivity index (χ2v) is 8.43. The Balaban J connectivity index is 1.27. The molecule has 5 rings (SSSR count). The first-order chi connectivity index (χ1) is 13.5. The molecule has 3 heterocycles. The fourth-order valence-electron chi connectivity index (χ4n) is 4.31. The lowest BCUT2D eigenvalue weighted by molar-refractivity contribution is -0.118. The van der Waals surface area contributed by atoms with E-state index in [9.17, 15) is 14.4 Å². The maximum atomic E-state index is 12.6. The molecule has 2 N–H and O–H groups in total. The largest absolute Gasteiger partial charge is 0.309 e. The summed E-state index contributed by atoms with van der Waals surface area (Å²) < 4.78 is 0.648. The molecular formula is C20H17BrN4O3. The van der Waals surface area contributed by atoms with Crippen LogP contribution >= 0.6 is 15.9 Å². The Morgan fingerprint density at radius 2 is 1.86 bits per heavy atom. The van der Waals surface area contributed by atoms with Crippen LogP contribution < -0.4 is 10.6 Å². The molecule has 1 aromatic heterocycles. The minimum Gasteiger partial charge on any atom is -0.309 e. The molecule has 1 aliphatic carbocycles. The van der Waals surface area contributed by atoms with Crippen molar-refractivity contribution in [2.75, 3.05) is 11.9 Å². The Labute approximate surface area is 169 Å². The van der Waals surface area contributed by atoms with Crippen molar-refractivity contribution >= 4 is 39.5 Å². The van der Waals surface area contributed by atoms with Crippen molar-refractivity contribution in [2.24, 2.45) is 5.41 Å². The maximum Gasteiger partial charge on any atom is 0.261 e. The van der Waals surface area contributed by atoms with Gasteiger partial charge in [-0.3, -0.25) is 19.3 Å². The molecule has 2 aromatic rings. The number of hydrogen-bond acceptors (Lipinski definition) is 5. The first-order valence-corrected chi connectivity index (χ1v) is 9.91. The Bertz CT molecular complexity index is 991. The summed E-state index contributed by atoms with van der Waals surface area (Å²) >= 11 is 3.29. The van der Waals surface area contributed by atoms with Gasteiger partial charge in [-0.05, 0) is 53.0 Å². The Morgan fingerprint density at radius 3 is 2.54 bits per heavy atom. The third-order valence-electron chi connectivity index (χ3n) is 5.84. The average molecular weight is 441 g/mol. The van der Waals surface area contributed by atoms with Crippen LogP contribution in [0.1, 0.15) is 33.6 Å². The second-order valence-electron chi connectivity index (χ2n) is 7.62. The van der Waals surface area contributed by atoms with E-state index >= 15 is 0 Å². The van der Waals surface area contributed by atoms with Crippen LogP contribution in [0.4, 0.5) is 5.82 Å². The molecule has 3 amide bonds. The summed E-state index contributed by atoms with van der Waals surface area (Å²) in [6, 6.07) is 12.0. The van der Waals surface area contributed by atoms with Crippen molar-refractivity contribution in [1.82, 2.24) is 15.2 Å². The molecule has 0 bridgehead atoms. The lowest BCUT2D eigenvalue weighted by Crippen LogP contribution is -2.39. The first-order valence-electron chi connectivity index (χ1n) is 9.12. The molecule has 2 aliphatic heterocycles. The summed E-state index contributed by atoms with van der Waals surface area (Å²) in [5.74, 6) is -0.158. The lowest BCUT2D eigenvalue weighted by Gasteiger charge is -2.21. The fraction of sp³-hybridized carbons (Fsp3) is 0.300. The highest BCUT2D eigenvalue weighted by molar-refractivity contribution is 9.10. The van der Waals surface area contributed by atoms with Crippen molar-refractivity contribution in [3.8, 4) is 0 Å². The zero-order valence-corrected chi connectivity index (χ0v) is 16.4. The minimum absolute atomic E-state index is 0.142.